The minimum atomic E-state index is -0.478. The average Bonchev–Trinajstić information content (AvgIpc) is 3.32. The maximum Gasteiger partial charge on any atom is 0.264 e. The molecule has 1 aliphatic heterocycles. The zero-order valence-corrected chi connectivity index (χ0v) is 14.6. The molecule has 2 aliphatic rings. The number of Topliss-reactive ketones (excluding diaryl/α,β-unsaturated/α-hetero) is 1. The maximum atomic E-state index is 12.5. The molecule has 2 atom stereocenters. The summed E-state index contributed by atoms with van der Waals surface area (Å²) in [4.78, 5) is 24.7. The van der Waals surface area contributed by atoms with E-state index < -0.39 is 5.91 Å². The number of amides is 1. The average molecular weight is 369 g/mol. The molecule has 0 radical (unpaired) electrons. The monoisotopic (exact) mass is 368 g/mol. The third kappa shape index (κ3) is 3.44. The van der Waals surface area contributed by atoms with Crippen LogP contribution in [0, 0.1) is 0 Å². The van der Waals surface area contributed by atoms with Gasteiger partial charge < -0.3 is 15.4 Å². The highest BCUT2D eigenvalue weighted by Crippen LogP contribution is 2.41. The van der Waals surface area contributed by atoms with Gasteiger partial charge in [-0.25, -0.2) is 0 Å². The molecular formula is C20H17ClN2O3. The van der Waals surface area contributed by atoms with Crippen LogP contribution in [0.5, 0.6) is 0 Å². The molecule has 1 saturated carbocycles. The molecule has 1 heterocycles. The van der Waals surface area contributed by atoms with Crippen molar-refractivity contribution in [1.82, 2.24) is 5.32 Å². The molecule has 0 saturated heterocycles. The predicted octanol–water partition coefficient (Wildman–Crippen LogP) is 3.24. The van der Waals surface area contributed by atoms with Crippen molar-refractivity contribution in [2.45, 2.75) is 18.4 Å². The van der Waals surface area contributed by atoms with E-state index >= 15 is 0 Å². The third-order valence-corrected chi connectivity index (χ3v) is 4.77. The quantitative estimate of drug-likeness (QED) is 0.795. The van der Waals surface area contributed by atoms with Crippen molar-refractivity contribution >= 4 is 29.0 Å². The van der Waals surface area contributed by atoms with Gasteiger partial charge in [-0.15, -0.1) is 0 Å². The summed E-state index contributed by atoms with van der Waals surface area (Å²) in [6.07, 6.45) is 0.942. The van der Waals surface area contributed by atoms with E-state index in [2.05, 4.69) is 22.8 Å². The van der Waals surface area contributed by atoms with Gasteiger partial charge in [-0.2, -0.15) is 0 Å². The molecule has 5 nitrogen and oxygen atoms in total. The standard InChI is InChI=1S/C20H17ClN2O3/c21-13-6-8-14(9-7-13)22-19(25)18-17(24)11-26-20(18)23-16-10-15(16)12-4-2-1-3-5-12/h1-9,15-16,23H,10-11H2,(H,22,25)/t15-,16+/m0/s1. The van der Waals surface area contributed by atoms with Crippen LogP contribution in [0.15, 0.2) is 66.1 Å². The van der Waals surface area contributed by atoms with Gasteiger partial charge in [-0.05, 0) is 36.2 Å². The first kappa shape index (κ1) is 16.7. The summed E-state index contributed by atoms with van der Waals surface area (Å²) in [5.74, 6) is -0.168. The molecule has 0 unspecified atom stereocenters. The number of anilines is 1. The van der Waals surface area contributed by atoms with E-state index in [9.17, 15) is 9.59 Å². The molecule has 4 rings (SSSR count). The second kappa shape index (κ2) is 6.84. The van der Waals surface area contributed by atoms with Crippen LogP contribution < -0.4 is 10.6 Å². The van der Waals surface area contributed by atoms with E-state index in [1.54, 1.807) is 24.3 Å². The SMILES string of the molecule is O=C1COC(N[C@@H]2C[C@H]2c2ccccc2)=C1C(=O)Nc1ccc(Cl)cc1. The summed E-state index contributed by atoms with van der Waals surface area (Å²) in [6.45, 7) is -0.117. The Morgan fingerprint density at radius 3 is 2.54 bits per heavy atom. The molecule has 1 fully saturated rings. The Morgan fingerprint density at radius 1 is 1.08 bits per heavy atom. The van der Waals surface area contributed by atoms with Gasteiger partial charge >= 0.3 is 0 Å². The van der Waals surface area contributed by atoms with Crippen molar-refractivity contribution in [3.8, 4) is 0 Å². The number of halogens is 1. The number of carbonyl (C=O) groups is 2. The van der Waals surface area contributed by atoms with E-state index in [-0.39, 0.29) is 29.9 Å². The van der Waals surface area contributed by atoms with E-state index in [4.69, 9.17) is 16.3 Å². The number of hydrogen-bond donors (Lipinski definition) is 2. The van der Waals surface area contributed by atoms with E-state index in [1.165, 1.54) is 5.56 Å². The Labute approximate surface area is 156 Å². The van der Waals surface area contributed by atoms with Gasteiger partial charge in [0.15, 0.2) is 6.61 Å². The van der Waals surface area contributed by atoms with Crippen LogP contribution in [0.25, 0.3) is 0 Å². The fourth-order valence-corrected chi connectivity index (χ4v) is 3.20. The van der Waals surface area contributed by atoms with E-state index in [0.717, 1.165) is 6.42 Å². The first-order valence-electron chi connectivity index (χ1n) is 8.40. The van der Waals surface area contributed by atoms with Crippen molar-refractivity contribution in [3.05, 3.63) is 76.6 Å². The highest BCUT2D eigenvalue weighted by Gasteiger charge is 2.41. The number of carbonyl (C=O) groups excluding carboxylic acids is 2. The van der Waals surface area contributed by atoms with Crippen molar-refractivity contribution in [1.29, 1.82) is 0 Å². The van der Waals surface area contributed by atoms with Crippen LogP contribution >= 0.6 is 11.6 Å². The minimum absolute atomic E-state index is 0.0404. The maximum absolute atomic E-state index is 12.5. The molecule has 2 N–H and O–H groups in total. The van der Waals surface area contributed by atoms with Crippen LogP contribution in [-0.2, 0) is 14.3 Å². The normalized spacial score (nSPS) is 21.3. The predicted molar refractivity (Wildman–Crippen MR) is 98.8 cm³/mol. The minimum Gasteiger partial charge on any atom is -0.470 e. The van der Waals surface area contributed by atoms with E-state index in [0.29, 0.717) is 16.6 Å². The van der Waals surface area contributed by atoms with Crippen molar-refractivity contribution in [2.75, 3.05) is 11.9 Å². The highest BCUT2D eigenvalue weighted by molar-refractivity contribution is 6.30. The van der Waals surface area contributed by atoms with Gasteiger partial charge in [-0.3, -0.25) is 9.59 Å². The lowest BCUT2D eigenvalue weighted by Gasteiger charge is -2.09. The Balaban J connectivity index is 1.47. The molecule has 2 aromatic rings. The summed E-state index contributed by atoms with van der Waals surface area (Å²) < 4.78 is 5.43. The van der Waals surface area contributed by atoms with Gasteiger partial charge in [-0.1, -0.05) is 41.9 Å². The third-order valence-electron chi connectivity index (χ3n) is 4.52. The fraction of sp³-hybridized carbons (Fsp3) is 0.200. The molecule has 1 aliphatic carbocycles. The Morgan fingerprint density at radius 2 is 1.81 bits per heavy atom. The number of ketones is 1. The van der Waals surface area contributed by atoms with Crippen LogP contribution in [-0.4, -0.2) is 24.3 Å². The van der Waals surface area contributed by atoms with Crippen molar-refractivity contribution in [3.63, 3.8) is 0 Å². The number of benzene rings is 2. The Bertz CT molecular complexity index is 878. The van der Waals surface area contributed by atoms with Crippen molar-refractivity contribution < 1.29 is 14.3 Å². The summed E-state index contributed by atoms with van der Waals surface area (Å²) in [7, 11) is 0. The van der Waals surface area contributed by atoms with Crippen LogP contribution in [0.1, 0.15) is 17.9 Å². The first-order valence-corrected chi connectivity index (χ1v) is 8.78. The zero-order chi connectivity index (χ0) is 18.1. The molecular weight excluding hydrogens is 352 g/mol. The van der Waals surface area contributed by atoms with Gasteiger partial charge in [0.05, 0.1) is 0 Å². The molecule has 132 valence electrons. The molecule has 2 aromatic carbocycles. The van der Waals surface area contributed by atoms with E-state index in [1.807, 2.05) is 18.2 Å². The fourth-order valence-electron chi connectivity index (χ4n) is 3.07. The molecule has 6 heteroatoms. The molecule has 0 spiro atoms. The lowest BCUT2D eigenvalue weighted by Crippen LogP contribution is -2.24. The molecule has 1 amide bonds. The molecule has 0 aromatic heterocycles. The first-order chi connectivity index (χ1) is 12.6. The number of ether oxygens (including phenoxy) is 1. The van der Waals surface area contributed by atoms with Gasteiger partial charge in [0.25, 0.3) is 5.91 Å². The summed E-state index contributed by atoms with van der Waals surface area (Å²) in [5.41, 5.74) is 1.85. The lowest BCUT2D eigenvalue weighted by atomic mass is 10.1. The van der Waals surface area contributed by atoms with Gasteiger partial charge in [0.1, 0.15) is 5.57 Å². The summed E-state index contributed by atoms with van der Waals surface area (Å²) in [6, 6.07) is 17.0. The summed E-state index contributed by atoms with van der Waals surface area (Å²) >= 11 is 5.84. The topological polar surface area (TPSA) is 67.4 Å². The zero-order valence-electron chi connectivity index (χ0n) is 13.9. The highest BCUT2D eigenvalue weighted by atomic mass is 35.5. The lowest BCUT2D eigenvalue weighted by molar-refractivity contribution is -0.120. The van der Waals surface area contributed by atoms with Crippen LogP contribution in [0.4, 0.5) is 5.69 Å². The largest absolute Gasteiger partial charge is 0.470 e. The second-order valence-electron chi connectivity index (χ2n) is 6.38. The van der Waals surface area contributed by atoms with Gasteiger partial charge in [0.2, 0.25) is 11.7 Å². The van der Waals surface area contributed by atoms with Crippen molar-refractivity contribution in [2.24, 2.45) is 0 Å². The number of rotatable bonds is 5. The smallest absolute Gasteiger partial charge is 0.264 e. The van der Waals surface area contributed by atoms with Crippen LogP contribution in [0.2, 0.25) is 5.02 Å². The Kier molecular flexibility index (Phi) is 4.39. The molecule has 0 bridgehead atoms. The molecule has 26 heavy (non-hydrogen) atoms. The Hall–Kier alpha value is -2.79. The number of nitrogens with one attached hydrogen (secondary N) is 2. The van der Waals surface area contributed by atoms with Crippen LogP contribution in [0.3, 0.4) is 0 Å². The van der Waals surface area contributed by atoms with Gasteiger partial charge in [0, 0.05) is 22.7 Å². The number of hydrogen-bond acceptors (Lipinski definition) is 4. The summed E-state index contributed by atoms with van der Waals surface area (Å²) in [5, 5.41) is 6.50. The second-order valence-corrected chi connectivity index (χ2v) is 6.82.